The predicted octanol–water partition coefficient (Wildman–Crippen LogP) is 5.03. The Hall–Kier alpha value is -3.76. The second kappa shape index (κ2) is 13.7. The van der Waals surface area contributed by atoms with E-state index in [0.29, 0.717) is 54.8 Å². The number of nitrogens with zero attached hydrogens (tertiary/aromatic N) is 3. The van der Waals surface area contributed by atoms with E-state index in [2.05, 4.69) is 11.0 Å². The third kappa shape index (κ3) is 7.23. The molecule has 0 aromatic heterocycles. The summed E-state index contributed by atoms with van der Waals surface area (Å²) in [6, 6.07) is 21.1. The van der Waals surface area contributed by atoms with Crippen molar-refractivity contribution in [3.05, 3.63) is 94.5 Å². The minimum atomic E-state index is -0.384. The van der Waals surface area contributed by atoms with Gasteiger partial charge >= 0.3 is 0 Å². The average Bonchev–Trinajstić information content (AvgIpc) is 3.53. The third-order valence-electron chi connectivity index (χ3n) is 9.29. The van der Waals surface area contributed by atoms with E-state index < -0.39 is 0 Å². The molecule has 0 atom stereocenters. The highest BCUT2D eigenvalue weighted by atomic mass is 16.7. The van der Waals surface area contributed by atoms with Gasteiger partial charge < -0.3 is 29.1 Å². The molecular formula is C36H43N3O6. The molecule has 2 heterocycles. The molecule has 1 N–H and O–H groups in total. The zero-order chi connectivity index (χ0) is 31.4. The van der Waals surface area contributed by atoms with Crippen molar-refractivity contribution in [2.45, 2.75) is 50.5 Å². The van der Waals surface area contributed by atoms with Gasteiger partial charge in [0, 0.05) is 76.4 Å². The molecule has 3 fully saturated rings. The minimum Gasteiger partial charge on any atom is -0.457 e. The van der Waals surface area contributed by atoms with Crippen molar-refractivity contribution in [2.75, 3.05) is 53.5 Å². The topological polar surface area (TPSA) is 91.8 Å². The number of benzene rings is 3. The molecule has 0 unspecified atom stereocenters. The van der Waals surface area contributed by atoms with Crippen LogP contribution in [0.1, 0.15) is 69.0 Å². The molecule has 1 spiro atoms. The normalized spacial score (nSPS) is 18.7. The van der Waals surface area contributed by atoms with Crippen molar-refractivity contribution in [1.29, 1.82) is 0 Å². The molecule has 9 heteroatoms. The first-order chi connectivity index (χ1) is 21.8. The summed E-state index contributed by atoms with van der Waals surface area (Å²) < 4.78 is 17.9. The van der Waals surface area contributed by atoms with Crippen LogP contribution in [0.5, 0.6) is 11.5 Å². The number of amides is 2. The highest BCUT2D eigenvalue weighted by Crippen LogP contribution is 2.43. The highest BCUT2D eigenvalue weighted by molar-refractivity contribution is 5.94. The van der Waals surface area contributed by atoms with Crippen molar-refractivity contribution in [3.8, 4) is 11.5 Å². The van der Waals surface area contributed by atoms with Crippen molar-refractivity contribution < 1.29 is 28.9 Å². The monoisotopic (exact) mass is 613 g/mol. The van der Waals surface area contributed by atoms with Gasteiger partial charge in [-0.1, -0.05) is 18.2 Å². The number of piperazine rings is 1. The molecule has 3 aromatic rings. The Morgan fingerprint density at radius 2 is 1.53 bits per heavy atom. The van der Waals surface area contributed by atoms with Crippen LogP contribution in [0.15, 0.2) is 66.7 Å². The highest BCUT2D eigenvalue weighted by Gasteiger charge is 2.40. The lowest BCUT2D eigenvalue weighted by Crippen LogP contribution is -2.48. The average molecular weight is 614 g/mol. The predicted molar refractivity (Wildman–Crippen MR) is 170 cm³/mol. The van der Waals surface area contributed by atoms with Crippen LogP contribution in [0, 0.1) is 0 Å². The van der Waals surface area contributed by atoms with Crippen molar-refractivity contribution in [1.82, 2.24) is 14.7 Å². The Morgan fingerprint density at radius 3 is 2.16 bits per heavy atom. The molecule has 1 aliphatic carbocycles. The van der Waals surface area contributed by atoms with Crippen LogP contribution in [0.25, 0.3) is 0 Å². The number of hydrogen-bond donors (Lipinski definition) is 1. The van der Waals surface area contributed by atoms with Crippen LogP contribution in [-0.4, -0.2) is 90.9 Å². The Bertz CT molecular complexity index is 1470. The first kappa shape index (κ1) is 31.2. The largest absolute Gasteiger partial charge is 0.457 e. The first-order valence-electron chi connectivity index (χ1n) is 15.9. The third-order valence-corrected chi connectivity index (χ3v) is 9.29. The summed E-state index contributed by atoms with van der Waals surface area (Å²) in [4.78, 5) is 31.2. The molecule has 1 saturated carbocycles. The van der Waals surface area contributed by atoms with Crippen LogP contribution in [0.4, 0.5) is 0 Å². The van der Waals surface area contributed by atoms with Gasteiger partial charge in [-0.25, -0.2) is 0 Å². The standard InChI is InChI=1S/C36H43N3O6/c1-37(2)34(41)28-5-3-26(4-6-28)24-38-17-19-39(20-18-38)35(42)29-7-10-32(11-8-29)45-33-12-9-30(23-31(33)25-40)27-13-15-36(16-14-27)43-21-22-44-36/h3-12,23,27,40H,13-22,24-25H2,1-2H3. The second-order valence-corrected chi connectivity index (χ2v) is 12.5. The summed E-state index contributed by atoms with van der Waals surface area (Å²) in [7, 11) is 3.50. The van der Waals surface area contributed by atoms with Crippen LogP contribution in [-0.2, 0) is 22.6 Å². The molecule has 0 bridgehead atoms. The molecule has 6 rings (SSSR count). The van der Waals surface area contributed by atoms with Crippen molar-refractivity contribution >= 4 is 11.8 Å². The molecule has 2 amide bonds. The summed E-state index contributed by atoms with van der Waals surface area (Å²) >= 11 is 0. The quantitative estimate of drug-likeness (QED) is 0.381. The maximum Gasteiger partial charge on any atom is 0.253 e. The summed E-state index contributed by atoms with van der Waals surface area (Å²) in [5.41, 5.74) is 4.41. The molecule has 238 valence electrons. The number of carbonyl (C=O) groups is 2. The molecule has 0 radical (unpaired) electrons. The van der Waals surface area contributed by atoms with Gasteiger partial charge in [-0.2, -0.15) is 0 Å². The Labute approximate surface area is 265 Å². The maximum atomic E-state index is 13.2. The van der Waals surface area contributed by atoms with Crippen LogP contribution in [0.2, 0.25) is 0 Å². The molecular weight excluding hydrogens is 570 g/mol. The summed E-state index contributed by atoms with van der Waals surface area (Å²) in [6.07, 6.45) is 3.76. The molecule has 2 saturated heterocycles. The number of carbonyl (C=O) groups excluding carboxylic acids is 2. The Kier molecular flexibility index (Phi) is 9.51. The van der Waals surface area contributed by atoms with E-state index in [4.69, 9.17) is 14.2 Å². The van der Waals surface area contributed by atoms with Crippen molar-refractivity contribution in [2.24, 2.45) is 0 Å². The lowest BCUT2D eigenvalue weighted by molar-refractivity contribution is -0.178. The van der Waals surface area contributed by atoms with Gasteiger partial charge in [0.15, 0.2) is 5.79 Å². The van der Waals surface area contributed by atoms with E-state index in [1.165, 1.54) is 5.56 Å². The number of aliphatic hydroxyl groups excluding tert-OH is 1. The van der Waals surface area contributed by atoms with Gasteiger partial charge in [-0.05, 0) is 78.4 Å². The smallest absolute Gasteiger partial charge is 0.253 e. The lowest BCUT2D eigenvalue weighted by Gasteiger charge is -2.35. The van der Waals surface area contributed by atoms with E-state index in [9.17, 15) is 14.7 Å². The van der Waals surface area contributed by atoms with Gasteiger partial charge in [0.05, 0.1) is 19.8 Å². The van der Waals surface area contributed by atoms with Gasteiger partial charge in [0.2, 0.25) is 0 Å². The summed E-state index contributed by atoms with van der Waals surface area (Å²) in [6.45, 7) is 4.91. The van der Waals surface area contributed by atoms with E-state index in [1.54, 1.807) is 31.1 Å². The van der Waals surface area contributed by atoms with Crippen LogP contribution >= 0.6 is 0 Å². The van der Waals surface area contributed by atoms with E-state index in [-0.39, 0.29) is 24.2 Å². The molecule has 2 aliphatic heterocycles. The van der Waals surface area contributed by atoms with Crippen LogP contribution < -0.4 is 4.74 Å². The number of aliphatic hydroxyl groups is 1. The lowest BCUT2D eigenvalue weighted by atomic mass is 9.80. The van der Waals surface area contributed by atoms with Gasteiger partial charge in [-0.3, -0.25) is 14.5 Å². The zero-order valence-corrected chi connectivity index (χ0v) is 26.2. The number of ether oxygens (including phenoxy) is 3. The fourth-order valence-electron chi connectivity index (χ4n) is 6.61. The molecule has 9 nitrogen and oxygen atoms in total. The fraction of sp³-hybridized carbons (Fsp3) is 0.444. The number of rotatable bonds is 8. The first-order valence-corrected chi connectivity index (χ1v) is 15.9. The second-order valence-electron chi connectivity index (χ2n) is 12.5. The van der Waals surface area contributed by atoms with Crippen molar-refractivity contribution in [3.63, 3.8) is 0 Å². The van der Waals surface area contributed by atoms with E-state index >= 15 is 0 Å². The maximum absolute atomic E-state index is 13.2. The molecule has 3 aliphatic rings. The van der Waals surface area contributed by atoms with E-state index in [0.717, 1.165) is 56.4 Å². The Balaban J connectivity index is 0.999. The zero-order valence-electron chi connectivity index (χ0n) is 26.2. The van der Waals surface area contributed by atoms with Gasteiger partial charge in [0.1, 0.15) is 11.5 Å². The summed E-state index contributed by atoms with van der Waals surface area (Å²) in [5, 5.41) is 10.1. The SMILES string of the molecule is CN(C)C(=O)c1ccc(CN2CCN(C(=O)c3ccc(Oc4ccc(C5CCC6(CC5)OCCO6)cc4CO)cc3)CC2)cc1. The molecule has 3 aromatic carbocycles. The van der Waals surface area contributed by atoms with Gasteiger partial charge in [0.25, 0.3) is 11.8 Å². The van der Waals surface area contributed by atoms with Crippen LogP contribution in [0.3, 0.4) is 0 Å². The van der Waals surface area contributed by atoms with E-state index in [1.807, 2.05) is 53.4 Å². The fourth-order valence-corrected chi connectivity index (χ4v) is 6.61. The summed E-state index contributed by atoms with van der Waals surface area (Å²) in [5.74, 6) is 1.26. The minimum absolute atomic E-state index is 0.00336. The Morgan fingerprint density at radius 1 is 0.889 bits per heavy atom. The number of hydrogen-bond acceptors (Lipinski definition) is 7. The van der Waals surface area contributed by atoms with Gasteiger partial charge in [-0.15, -0.1) is 0 Å². The molecule has 45 heavy (non-hydrogen) atoms.